The van der Waals surface area contributed by atoms with Crippen LogP contribution in [0.15, 0.2) is 60.9 Å². The van der Waals surface area contributed by atoms with E-state index in [1.807, 2.05) is 12.4 Å². The van der Waals surface area contributed by atoms with Crippen LogP contribution in [0, 0.1) is 0 Å². The zero-order valence-electron chi connectivity index (χ0n) is 18.3. The Morgan fingerprint density at radius 3 is 1.69 bits per heavy atom. The number of aromatic amines is 2. The van der Waals surface area contributed by atoms with E-state index in [-0.39, 0.29) is 0 Å². The van der Waals surface area contributed by atoms with Gasteiger partial charge < -0.3 is 15.3 Å². The molecule has 2 aromatic heterocycles. The van der Waals surface area contributed by atoms with Crippen molar-refractivity contribution in [1.29, 1.82) is 0 Å². The smallest absolute Gasteiger partial charge is 0.123 e. The van der Waals surface area contributed by atoms with Crippen LogP contribution in [0.25, 0.3) is 33.6 Å². The lowest BCUT2D eigenvalue weighted by Gasteiger charge is -2.07. The Hall–Kier alpha value is -3.18. The van der Waals surface area contributed by atoms with Gasteiger partial charge in [0.05, 0.1) is 29.8 Å². The highest BCUT2D eigenvalue weighted by atomic mass is 15.0. The first-order valence-corrected chi connectivity index (χ1v) is 11.9. The van der Waals surface area contributed by atoms with Crippen LogP contribution in [0.1, 0.15) is 62.1 Å². The van der Waals surface area contributed by atoms with Crippen LogP contribution >= 0.6 is 0 Å². The van der Waals surface area contributed by atoms with Gasteiger partial charge in [-0.05, 0) is 54.5 Å². The molecule has 0 unspecified atom stereocenters. The number of imidazole rings is 2. The van der Waals surface area contributed by atoms with Crippen LogP contribution < -0.4 is 5.32 Å². The molecular formula is C27H29N5. The lowest BCUT2D eigenvalue weighted by atomic mass is 10.0. The summed E-state index contributed by atoms with van der Waals surface area (Å²) in [5, 5.41) is 3.50. The third-order valence-corrected chi connectivity index (χ3v) is 7.05. The molecule has 1 atom stereocenters. The highest BCUT2D eigenvalue weighted by Gasteiger charge is 2.20. The van der Waals surface area contributed by atoms with Gasteiger partial charge in [-0.15, -0.1) is 0 Å². The molecule has 2 fully saturated rings. The summed E-state index contributed by atoms with van der Waals surface area (Å²) in [7, 11) is 0. The monoisotopic (exact) mass is 423 g/mol. The molecule has 3 N–H and O–H groups in total. The average Bonchev–Trinajstić information content (AvgIpc) is 3.66. The molecule has 0 spiro atoms. The van der Waals surface area contributed by atoms with Gasteiger partial charge in [0.25, 0.3) is 0 Å². The van der Waals surface area contributed by atoms with Gasteiger partial charge in [-0.25, -0.2) is 9.97 Å². The van der Waals surface area contributed by atoms with E-state index in [2.05, 4.69) is 73.8 Å². The van der Waals surface area contributed by atoms with Gasteiger partial charge >= 0.3 is 0 Å². The number of nitrogens with one attached hydrogen (secondary N) is 3. The van der Waals surface area contributed by atoms with E-state index in [9.17, 15) is 0 Å². The zero-order valence-corrected chi connectivity index (χ0v) is 18.3. The zero-order chi connectivity index (χ0) is 21.3. The fraction of sp³-hybridized carbons (Fsp3) is 0.333. The van der Waals surface area contributed by atoms with Gasteiger partial charge in [-0.3, -0.25) is 0 Å². The Labute approximate surface area is 188 Å². The maximum Gasteiger partial charge on any atom is 0.123 e. The molecule has 162 valence electrons. The van der Waals surface area contributed by atoms with Crippen molar-refractivity contribution in [2.45, 2.75) is 50.5 Å². The lowest BCUT2D eigenvalue weighted by molar-refractivity contribution is 0.613. The second kappa shape index (κ2) is 8.40. The maximum absolute atomic E-state index is 4.65. The molecule has 5 heteroatoms. The topological polar surface area (TPSA) is 69.4 Å². The third-order valence-electron chi connectivity index (χ3n) is 7.05. The first-order chi connectivity index (χ1) is 15.8. The first-order valence-electron chi connectivity index (χ1n) is 11.9. The molecule has 32 heavy (non-hydrogen) atoms. The highest BCUT2D eigenvalue weighted by Crippen LogP contribution is 2.34. The summed E-state index contributed by atoms with van der Waals surface area (Å²) in [6.07, 6.45) is 11.5. The Morgan fingerprint density at radius 1 is 0.594 bits per heavy atom. The molecule has 6 rings (SSSR count). The molecule has 2 aromatic carbocycles. The van der Waals surface area contributed by atoms with Crippen LogP contribution in [0.3, 0.4) is 0 Å². The molecule has 1 aliphatic heterocycles. The summed E-state index contributed by atoms with van der Waals surface area (Å²) in [5.74, 6) is 2.82. The number of hydrogen-bond acceptors (Lipinski definition) is 3. The summed E-state index contributed by atoms with van der Waals surface area (Å²) >= 11 is 0. The normalized spacial score (nSPS) is 19.1. The van der Waals surface area contributed by atoms with Gasteiger partial charge in [0.15, 0.2) is 0 Å². The Kier molecular flexibility index (Phi) is 5.12. The standard InChI is InChI=1S/C27H29N5/c1-2-5-22(4-1)26-29-16-24(31-26)20-11-7-18(8-12-20)19-9-13-21(14-10-19)25-17-30-27(32-25)23-6-3-15-28-23/h7-14,16-17,22-23,28H,1-6,15H2,(H,29,31)(H,30,32)/t23-/m0/s1. The van der Waals surface area contributed by atoms with Crippen molar-refractivity contribution in [2.24, 2.45) is 0 Å². The molecule has 1 aliphatic carbocycles. The van der Waals surface area contributed by atoms with Crippen molar-refractivity contribution in [1.82, 2.24) is 25.3 Å². The summed E-state index contributed by atoms with van der Waals surface area (Å²) in [5.41, 5.74) is 6.98. The molecule has 0 radical (unpaired) electrons. The second-order valence-electron chi connectivity index (χ2n) is 9.15. The van der Waals surface area contributed by atoms with Crippen LogP contribution in [0.2, 0.25) is 0 Å². The van der Waals surface area contributed by atoms with E-state index in [0.29, 0.717) is 12.0 Å². The molecule has 1 saturated heterocycles. The van der Waals surface area contributed by atoms with Crippen molar-refractivity contribution in [3.8, 4) is 33.6 Å². The minimum atomic E-state index is 0.366. The van der Waals surface area contributed by atoms with Crippen LogP contribution in [0.5, 0.6) is 0 Å². The van der Waals surface area contributed by atoms with Crippen molar-refractivity contribution >= 4 is 0 Å². The fourth-order valence-corrected chi connectivity index (χ4v) is 5.15. The Morgan fingerprint density at radius 2 is 1.12 bits per heavy atom. The van der Waals surface area contributed by atoms with Crippen molar-refractivity contribution in [3.63, 3.8) is 0 Å². The quantitative estimate of drug-likeness (QED) is 0.357. The van der Waals surface area contributed by atoms with E-state index in [0.717, 1.165) is 36.0 Å². The van der Waals surface area contributed by atoms with E-state index in [1.54, 1.807) is 0 Å². The molecule has 4 aromatic rings. The SMILES string of the molecule is c1cc(-c2cnc(C3CCCC3)[nH]2)ccc1-c1ccc(-c2cnc([C@@H]3CCCN3)[nH]2)cc1. The number of nitrogens with zero attached hydrogens (tertiary/aromatic N) is 2. The van der Waals surface area contributed by atoms with E-state index in [4.69, 9.17) is 0 Å². The fourth-order valence-electron chi connectivity index (χ4n) is 5.15. The van der Waals surface area contributed by atoms with E-state index in [1.165, 1.54) is 54.4 Å². The lowest BCUT2D eigenvalue weighted by Crippen LogP contribution is -2.14. The highest BCUT2D eigenvalue weighted by molar-refractivity contribution is 5.71. The largest absolute Gasteiger partial charge is 0.342 e. The van der Waals surface area contributed by atoms with Crippen LogP contribution in [0.4, 0.5) is 0 Å². The van der Waals surface area contributed by atoms with Gasteiger partial charge in [-0.1, -0.05) is 61.4 Å². The first kappa shape index (κ1) is 19.5. The summed E-state index contributed by atoms with van der Waals surface area (Å²) < 4.78 is 0. The van der Waals surface area contributed by atoms with Crippen molar-refractivity contribution < 1.29 is 0 Å². The average molecular weight is 424 g/mol. The third kappa shape index (κ3) is 3.78. The molecular weight excluding hydrogens is 394 g/mol. The van der Waals surface area contributed by atoms with Crippen LogP contribution in [-0.4, -0.2) is 26.5 Å². The van der Waals surface area contributed by atoms with E-state index >= 15 is 0 Å². The predicted molar refractivity (Wildman–Crippen MR) is 128 cm³/mol. The molecule has 0 amide bonds. The molecule has 0 bridgehead atoms. The summed E-state index contributed by atoms with van der Waals surface area (Å²) in [6, 6.07) is 17.8. The minimum Gasteiger partial charge on any atom is -0.342 e. The minimum absolute atomic E-state index is 0.366. The number of aromatic nitrogens is 4. The predicted octanol–water partition coefficient (Wildman–Crippen LogP) is 6.22. The second-order valence-corrected chi connectivity index (χ2v) is 9.15. The number of rotatable bonds is 5. The molecule has 3 heterocycles. The van der Waals surface area contributed by atoms with Crippen molar-refractivity contribution in [2.75, 3.05) is 6.54 Å². The van der Waals surface area contributed by atoms with E-state index < -0.39 is 0 Å². The number of hydrogen-bond donors (Lipinski definition) is 3. The van der Waals surface area contributed by atoms with Crippen molar-refractivity contribution in [3.05, 3.63) is 72.6 Å². The van der Waals surface area contributed by atoms with Gasteiger partial charge in [-0.2, -0.15) is 0 Å². The Bertz CT molecular complexity index is 1080. The maximum atomic E-state index is 4.65. The summed E-state index contributed by atoms with van der Waals surface area (Å²) in [4.78, 5) is 16.3. The number of benzene rings is 2. The molecule has 2 aliphatic rings. The Balaban J connectivity index is 1.17. The van der Waals surface area contributed by atoms with Gasteiger partial charge in [0, 0.05) is 5.92 Å². The van der Waals surface area contributed by atoms with Gasteiger partial charge in [0.2, 0.25) is 0 Å². The van der Waals surface area contributed by atoms with Gasteiger partial charge in [0.1, 0.15) is 11.6 Å². The summed E-state index contributed by atoms with van der Waals surface area (Å²) in [6.45, 7) is 1.08. The van der Waals surface area contributed by atoms with Crippen LogP contribution in [-0.2, 0) is 0 Å². The molecule has 1 saturated carbocycles. The number of H-pyrrole nitrogens is 2. The molecule has 5 nitrogen and oxygen atoms in total.